The number of aliphatic carboxylic acids is 1. The smallest absolute Gasteiger partial charge is 0.454 e. The highest BCUT2D eigenvalue weighted by molar-refractivity contribution is 7.99. The fourth-order valence-electron chi connectivity index (χ4n) is 2.24. The molecular formula is C13H16F3NO4S. The Hall–Kier alpha value is -1.51. The molecule has 5 nitrogen and oxygen atoms in total. The number of halogens is 3. The summed E-state index contributed by atoms with van der Waals surface area (Å²) in [7, 11) is 0. The van der Waals surface area contributed by atoms with Crippen LogP contribution in [0.3, 0.4) is 0 Å². The van der Waals surface area contributed by atoms with Crippen molar-refractivity contribution < 1.29 is 32.7 Å². The quantitative estimate of drug-likeness (QED) is 0.802. The lowest BCUT2D eigenvalue weighted by Gasteiger charge is -2.27. The molecular weight excluding hydrogens is 323 g/mol. The molecule has 22 heavy (non-hydrogen) atoms. The Balaban J connectivity index is 3.37. The summed E-state index contributed by atoms with van der Waals surface area (Å²) in [6.45, 7) is 3.68. The number of thioether (sulfide) groups is 1. The summed E-state index contributed by atoms with van der Waals surface area (Å²) in [5.74, 6) is -4.46. The van der Waals surface area contributed by atoms with Gasteiger partial charge in [0.15, 0.2) is 0 Å². The summed E-state index contributed by atoms with van der Waals surface area (Å²) < 4.78 is 38.3. The average Bonchev–Trinajstić information content (AvgIpc) is 2.60. The van der Waals surface area contributed by atoms with Crippen LogP contribution < -0.4 is 0 Å². The Morgan fingerprint density at radius 2 is 1.91 bits per heavy atom. The van der Waals surface area contributed by atoms with Gasteiger partial charge in [-0.05, 0) is 12.2 Å². The number of amides is 1. The van der Waals surface area contributed by atoms with Gasteiger partial charge in [0.1, 0.15) is 5.37 Å². The Bertz CT molecular complexity index is 528. The van der Waals surface area contributed by atoms with Crippen molar-refractivity contribution in [3.63, 3.8) is 0 Å². The first kappa shape index (κ1) is 18.5. The van der Waals surface area contributed by atoms with Crippen molar-refractivity contribution in [1.29, 1.82) is 0 Å². The molecule has 1 aliphatic heterocycles. The van der Waals surface area contributed by atoms with Crippen molar-refractivity contribution in [2.75, 3.05) is 12.8 Å². The molecule has 1 rings (SSSR count). The van der Waals surface area contributed by atoms with Crippen LogP contribution in [-0.4, -0.2) is 52.0 Å². The first-order chi connectivity index (χ1) is 10.0. The van der Waals surface area contributed by atoms with E-state index in [1.165, 1.54) is 6.26 Å². The molecule has 0 fully saturated rings. The minimum Gasteiger partial charge on any atom is -0.481 e. The van der Waals surface area contributed by atoms with E-state index in [1.807, 2.05) is 0 Å². The maximum Gasteiger partial charge on any atom is 0.454 e. The van der Waals surface area contributed by atoms with Crippen LogP contribution in [0.5, 0.6) is 0 Å². The van der Waals surface area contributed by atoms with Crippen molar-refractivity contribution in [2.45, 2.75) is 31.8 Å². The minimum atomic E-state index is -5.15. The second-order valence-electron chi connectivity index (χ2n) is 5.23. The van der Waals surface area contributed by atoms with Crippen LogP contribution in [0.25, 0.3) is 0 Å². The van der Waals surface area contributed by atoms with E-state index >= 15 is 0 Å². The van der Waals surface area contributed by atoms with E-state index in [-0.39, 0.29) is 12.5 Å². The molecule has 0 spiro atoms. The molecule has 9 heteroatoms. The van der Waals surface area contributed by atoms with E-state index in [2.05, 4.69) is 0 Å². The number of alkyl halides is 3. The number of hydrogen-bond donors (Lipinski definition) is 1. The fraction of sp³-hybridized carbons (Fsp3) is 0.615. The molecule has 1 N–H and O–H groups in total. The van der Waals surface area contributed by atoms with Gasteiger partial charge in [0.25, 0.3) is 11.7 Å². The summed E-state index contributed by atoms with van der Waals surface area (Å²) in [5, 5.41) is 7.70. The molecule has 0 saturated carbocycles. The summed E-state index contributed by atoms with van der Waals surface area (Å²) in [5.41, 5.74) is -1.33. The summed E-state index contributed by atoms with van der Waals surface area (Å²) >= 11 is 0.903. The Kier molecular flexibility index (Phi) is 5.66. The molecule has 1 aliphatic rings. The zero-order valence-corrected chi connectivity index (χ0v) is 13.0. The molecule has 1 atom stereocenters. The van der Waals surface area contributed by atoms with Crippen molar-refractivity contribution in [2.24, 2.45) is 5.92 Å². The number of Topliss-reactive ketones (excluding diaryl/α,β-unsaturated/α-hetero) is 1. The van der Waals surface area contributed by atoms with E-state index in [0.717, 1.165) is 16.7 Å². The maximum atomic E-state index is 12.8. The highest BCUT2D eigenvalue weighted by Crippen LogP contribution is 2.38. The van der Waals surface area contributed by atoms with Crippen LogP contribution in [0, 0.1) is 5.92 Å². The molecule has 1 heterocycles. The monoisotopic (exact) mass is 339 g/mol. The third kappa shape index (κ3) is 3.82. The largest absolute Gasteiger partial charge is 0.481 e. The van der Waals surface area contributed by atoms with Crippen LogP contribution in [0.2, 0.25) is 0 Å². The predicted octanol–water partition coefficient (Wildman–Crippen LogP) is 2.08. The second-order valence-corrected chi connectivity index (χ2v) is 6.15. The Labute approximate surface area is 129 Å². The van der Waals surface area contributed by atoms with Crippen molar-refractivity contribution in [3.8, 4) is 0 Å². The zero-order chi connectivity index (χ0) is 17.2. The average molecular weight is 339 g/mol. The molecule has 0 aromatic carbocycles. The number of carboxylic acids is 1. The molecule has 0 radical (unpaired) electrons. The van der Waals surface area contributed by atoms with Gasteiger partial charge in [0, 0.05) is 17.7 Å². The lowest BCUT2D eigenvalue weighted by molar-refractivity contribution is -0.166. The van der Waals surface area contributed by atoms with E-state index in [1.54, 1.807) is 13.8 Å². The molecule has 0 unspecified atom stereocenters. The van der Waals surface area contributed by atoms with E-state index in [4.69, 9.17) is 5.11 Å². The van der Waals surface area contributed by atoms with E-state index in [9.17, 15) is 27.6 Å². The SMILES string of the molecule is CS[C@H]1C(C(=O)C(F)(F)F)=C(CC(=O)O)C(=O)N1CC(C)C. The van der Waals surface area contributed by atoms with E-state index in [0.29, 0.717) is 0 Å². The summed E-state index contributed by atoms with van der Waals surface area (Å²) in [4.78, 5) is 35.9. The highest BCUT2D eigenvalue weighted by atomic mass is 32.2. The van der Waals surface area contributed by atoms with Gasteiger partial charge in [-0.2, -0.15) is 13.2 Å². The van der Waals surface area contributed by atoms with Gasteiger partial charge in [-0.15, -0.1) is 11.8 Å². The third-order valence-corrected chi connectivity index (χ3v) is 3.93. The Morgan fingerprint density at radius 1 is 1.36 bits per heavy atom. The maximum absolute atomic E-state index is 12.8. The minimum absolute atomic E-state index is 0.0370. The topological polar surface area (TPSA) is 74.7 Å². The van der Waals surface area contributed by atoms with Gasteiger partial charge in [-0.1, -0.05) is 13.8 Å². The number of rotatable bonds is 6. The van der Waals surface area contributed by atoms with Crippen molar-refractivity contribution in [1.82, 2.24) is 4.90 Å². The highest BCUT2D eigenvalue weighted by Gasteiger charge is 2.50. The molecule has 0 bridgehead atoms. The van der Waals surface area contributed by atoms with Gasteiger partial charge in [0.05, 0.1) is 6.42 Å². The van der Waals surface area contributed by atoms with E-state index < -0.39 is 46.8 Å². The third-order valence-electron chi connectivity index (χ3n) is 2.99. The van der Waals surface area contributed by atoms with Crippen LogP contribution in [-0.2, 0) is 14.4 Å². The first-order valence-electron chi connectivity index (χ1n) is 6.40. The Morgan fingerprint density at radius 3 is 2.27 bits per heavy atom. The molecule has 0 saturated heterocycles. The van der Waals surface area contributed by atoms with Crippen LogP contribution >= 0.6 is 11.8 Å². The lowest BCUT2D eigenvalue weighted by atomic mass is 10.0. The van der Waals surface area contributed by atoms with Crippen molar-refractivity contribution >= 4 is 29.4 Å². The number of carbonyl (C=O) groups is 3. The number of carbonyl (C=O) groups excluding carboxylic acids is 2. The number of nitrogens with zero attached hydrogens (tertiary/aromatic N) is 1. The standard InChI is InChI=1S/C13H16F3NO4S/c1-6(2)5-17-11(21)7(4-8(18)19)9(12(17)22-3)10(20)13(14,15)16/h6,12H,4-5H2,1-3H3,(H,18,19)/t12-/m0/s1. The van der Waals surface area contributed by atoms with Gasteiger partial charge in [0.2, 0.25) is 0 Å². The molecule has 124 valence electrons. The summed E-state index contributed by atoms with van der Waals surface area (Å²) in [6.07, 6.45) is -4.58. The molecule has 1 amide bonds. The molecule has 0 aliphatic carbocycles. The fourth-order valence-corrected chi connectivity index (χ4v) is 3.16. The zero-order valence-electron chi connectivity index (χ0n) is 12.2. The predicted molar refractivity (Wildman–Crippen MR) is 74.2 cm³/mol. The van der Waals surface area contributed by atoms with Gasteiger partial charge in [-0.3, -0.25) is 14.4 Å². The van der Waals surface area contributed by atoms with Crippen LogP contribution in [0.1, 0.15) is 20.3 Å². The van der Waals surface area contributed by atoms with Gasteiger partial charge < -0.3 is 10.0 Å². The lowest BCUT2D eigenvalue weighted by Crippen LogP contribution is -2.39. The van der Waals surface area contributed by atoms with Crippen LogP contribution in [0.15, 0.2) is 11.1 Å². The normalized spacial score (nSPS) is 19.3. The molecule has 0 aromatic rings. The number of ketones is 1. The van der Waals surface area contributed by atoms with Crippen molar-refractivity contribution in [3.05, 3.63) is 11.1 Å². The second kappa shape index (κ2) is 6.72. The van der Waals surface area contributed by atoms with Gasteiger partial charge >= 0.3 is 12.1 Å². The van der Waals surface area contributed by atoms with Crippen LogP contribution in [0.4, 0.5) is 13.2 Å². The first-order valence-corrected chi connectivity index (χ1v) is 7.69. The van der Waals surface area contributed by atoms with Gasteiger partial charge in [-0.25, -0.2) is 0 Å². The number of hydrogen-bond acceptors (Lipinski definition) is 4. The number of carboxylic acid groups (broad SMARTS) is 1. The molecule has 0 aromatic heterocycles. The summed E-state index contributed by atoms with van der Waals surface area (Å²) in [6, 6.07) is 0.